The molecule has 3 aromatic heterocycles. The third kappa shape index (κ3) is 4.08. The second-order valence-electron chi connectivity index (χ2n) is 5.18. The van der Waals surface area contributed by atoms with Crippen molar-refractivity contribution in [1.82, 2.24) is 9.88 Å². The Labute approximate surface area is 132 Å². The minimum Gasteiger partial charge on any atom is -0.502 e. The molecule has 0 fully saturated rings. The molecule has 0 bridgehead atoms. The molecule has 3 rings (SSSR count). The molecule has 0 saturated heterocycles. The molecule has 0 radical (unpaired) electrons. The fraction of sp³-hybridized carbons (Fsp3) is 0.176. The first-order valence-corrected chi connectivity index (χ1v) is 7.15. The topological polar surface area (TPSA) is 79.7 Å². The van der Waals surface area contributed by atoms with Gasteiger partial charge in [0.2, 0.25) is 5.43 Å². The van der Waals surface area contributed by atoms with Crippen molar-refractivity contribution in [3.63, 3.8) is 0 Å². The van der Waals surface area contributed by atoms with E-state index in [1.807, 2.05) is 24.3 Å². The van der Waals surface area contributed by atoms with Crippen LogP contribution in [0.5, 0.6) is 5.75 Å². The fourth-order valence-corrected chi connectivity index (χ4v) is 2.29. The average molecular weight is 312 g/mol. The molecule has 3 heterocycles. The van der Waals surface area contributed by atoms with E-state index in [0.717, 1.165) is 17.6 Å². The highest BCUT2D eigenvalue weighted by molar-refractivity contribution is 5.16. The van der Waals surface area contributed by atoms with E-state index >= 15 is 0 Å². The Bertz CT molecular complexity index is 797. The van der Waals surface area contributed by atoms with Crippen molar-refractivity contribution in [2.24, 2.45) is 0 Å². The van der Waals surface area contributed by atoms with Crippen LogP contribution in [0, 0.1) is 0 Å². The van der Waals surface area contributed by atoms with Crippen molar-refractivity contribution >= 4 is 0 Å². The second kappa shape index (κ2) is 6.93. The SMILES string of the molecule is O=c1cc(CN(Cc2cccnc2)Cc2ccco2)occ1O. The van der Waals surface area contributed by atoms with E-state index in [9.17, 15) is 9.90 Å². The van der Waals surface area contributed by atoms with E-state index in [0.29, 0.717) is 25.4 Å². The van der Waals surface area contributed by atoms with E-state index in [1.165, 1.54) is 6.07 Å². The van der Waals surface area contributed by atoms with Crippen molar-refractivity contribution < 1.29 is 13.9 Å². The van der Waals surface area contributed by atoms with Crippen LogP contribution < -0.4 is 5.43 Å². The summed E-state index contributed by atoms with van der Waals surface area (Å²) in [5.74, 6) is 0.900. The quantitative estimate of drug-likeness (QED) is 0.753. The Morgan fingerprint density at radius 3 is 2.65 bits per heavy atom. The summed E-state index contributed by atoms with van der Waals surface area (Å²) in [6, 6.07) is 8.88. The van der Waals surface area contributed by atoms with Crippen LogP contribution in [-0.2, 0) is 19.6 Å². The fourth-order valence-electron chi connectivity index (χ4n) is 2.29. The first-order chi connectivity index (χ1) is 11.2. The number of aromatic hydroxyl groups is 1. The summed E-state index contributed by atoms with van der Waals surface area (Å²) >= 11 is 0. The Hall–Kier alpha value is -2.86. The molecular formula is C17H16N2O4. The number of aromatic nitrogens is 1. The van der Waals surface area contributed by atoms with Crippen LogP contribution in [0.1, 0.15) is 17.1 Å². The lowest BCUT2D eigenvalue weighted by Gasteiger charge is -2.20. The monoisotopic (exact) mass is 312 g/mol. The lowest BCUT2D eigenvalue weighted by Crippen LogP contribution is -2.22. The van der Waals surface area contributed by atoms with Gasteiger partial charge in [-0.15, -0.1) is 0 Å². The van der Waals surface area contributed by atoms with Gasteiger partial charge in [0.1, 0.15) is 17.8 Å². The number of furan rings is 1. The van der Waals surface area contributed by atoms with Gasteiger partial charge in [0.25, 0.3) is 0 Å². The molecule has 0 spiro atoms. The number of pyridine rings is 1. The number of nitrogens with zero attached hydrogens (tertiary/aromatic N) is 2. The average Bonchev–Trinajstić information content (AvgIpc) is 3.05. The van der Waals surface area contributed by atoms with Gasteiger partial charge in [0.15, 0.2) is 5.75 Å². The summed E-state index contributed by atoms with van der Waals surface area (Å²) < 4.78 is 10.7. The predicted molar refractivity (Wildman–Crippen MR) is 82.5 cm³/mol. The first kappa shape index (κ1) is 15.1. The molecule has 0 aliphatic rings. The highest BCUT2D eigenvalue weighted by Crippen LogP contribution is 2.14. The van der Waals surface area contributed by atoms with Crippen LogP contribution in [0.4, 0.5) is 0 Å². The van der Waals surface area contributed by atoms with E-state index in [-0.39, 0.29) is 0 Å². The van der Waals surface area contributed by atoms with Crippen LogP contribution in [0.25, 0.3) is 0 Å². The highest BCUT2D eigenvalue weighted by Gasteiger charge is 2.12. The van der Waals surface area contributed by atoms with E-state index in [2.05, 4.69) is 9.88 Å². The Balaban J connectivity index is 1.79. The van der Waals surface area contributed by atoms with Crippen LogP contribution >= 0.6 is 0 Å². The Morgan fingerprint density at radius 2 is 1.96 bits per heavy atom. The molecule has 0 unspecified atom stereocenters. The zero-order valence-corrected chi connectivity index (χ0v) is 12.4. The zero-order chi connectivity index (χ0) is 16.1. The largest absolute Gasteiger partial charge is 0.502 e. The number of hydrogen-bond donors (Lipinski definition) is 1. The number of rotatable bonds is 6. The molecule has 118 valence electrons. The minimum atomic E-state index is -0.453. The van der Waals surface area contributed by atoms with E-state index in [1.54, 1.807) is 18.7 Å². The summed E-state index contributed by atoms with van der Waals surface area (Å²) in [6.07, 6.45) is 6.20. The lowest BCUT2D eigenvalue weighted by atomic mass is 10.2. The van der Waals surface area contributed by atoms with Crippen LogP contribution in [0.15, 0.2) is 68.9 Å². The van der Waals surface area contributed by atoms with Crippen LogP contribution in [0.2, 0.25) is 0 Å². The summed E-state index contributed by atoms with van der Waals surface area (Å²) in [4.78, 5) is 17.7. The van der Waals surface area contributed by atoms with Gasteiger partial charge >= 0.3 is 0 Å². The van der Waals surface area contributed by atoms with Gasteiger partial charge in [-0.3, -0.25) is 14.7 Å². The summed E-state index contributed by atoms with van der Waals surface area (Å²) in [7, 11) is 0. The summed E-state index contributed by atoms with van der Waals surface area (Å²) in [5.41, 5.74) is 0.589. The Kier molecular flexibility index (Phi) is 4.54. The maximum atomic E-state index is 11.5. The van der Waals surface area contributed by atoms with Crippen molar-refractivity contribution in [3.8, 4) is 5.75 Å². The van der Waals surface area contributed by atoms with Gasteiger partial charge in [-0.25, -0.2) is 0 Å². The van der Waals surface area contributed by atoms with Gasteiger partial charge < -0.3 is 13.9 Å². The third-order valence-corrected chi connectivity index (χ3v) is 3.33. The van der Waals surface area contributed by atoms with E-state index in [4.69, 9.17) is 8.83 Å². The highest BCUT2D eigenvalue weighted by atomic mass is 16.4. The van der Waals surface area contributed by atoms with Crippen LogP contribution in [-0.4, -0.2) is 15.0 Å². The second-order valence-corrected chi connectivity index (χ2v) is 5.18. The number of hydrogen-bond acceptors (Lipinski definition) is 6. The predicted octanol–water partition coefficient (Wildman–Crippen LogP) is 2.54. The maximum absolute atomic E-state index is 11.5. The molecule has 3 aromatic rings. The lowest BCUT2D eigenvalue weighted by molar-refractivity contribution is 0.206. The van der Waals surface area contributed by atoms with Gasteiger partial charge in [-0.05, 0) is 23.8 Å². The zero-order valence-electron chi connectivity index (χ0n) is 12.4. The molecule has 1 N–H and O–H groups in total. The molecule has 0 aliphatic heterocycles. The van der Waals surface area contributed by atoms with Gasteiger partial charge in [-0.1, -0.05) is 6.07 Å². The third-order valence-electron chi connectivity index (χ3n) is 3.33. The smallest absolute Gasteiger partial charge is 0.226 e. The summed E-state index contributed by atoms with van der Waals surface area (Å²) in [5, 5.41) is 9.28. The molecular weight excluding hydrogens is 296 g/mol. The van der Waals surface area contributed by atoms with Crippen molar-refractivity contribution in [3.05, 3.63) is 82.6 Å². The van der Waals surface area contributed by atoms with Gasteiger partial charge in [-0.2, -0.15) is 0 Å². The van der Waals surface area contributed by atoms with Gasteiger partial charge in [0.05, 0.1) is 19.4 Å². The molecule has 0 atom stereocenters. The minimum absolute atomic E-state index is 0.390. The molecule has 0 amide bonds. The molecule has 0 saturated carbocycles. The maximum Gasteiger partial charge on any atom is 0.226 e. The Morgan fingerprint density at radius 1 is 1.09 bits per heavy atom. The standard InChI is InChI=1S/C17H16N2O4/c20-16-7-15(23-12-17(16)21)11-19(10-14-4-2-6-22-14)9-13-3-1-5-18-8-13/h1-8,12,21H,9-11H2. The molecule has 0 aliphatic carbocycles. The molecule has 0 aromatic carbocycles. The normalized spacial score (nSPS) is 11.0. The van der Waals surface area contributed by atoms with Crippen molar-refractivity contribution in [1.29, 1.82) is 0 Å². The van der Waals surface area contributed by atoms with Crippen molar-refractivity contribution in [2.75, 3.05) is 0 Å². The molecule has 23 heavy (non-hydrogen) atoms. The first-order valence-electron chi connectivity index (χ1n) is 7.15. The van der Waals surface area contributed by atoms with Crippen molar-refractivity contribution in [2.45, 2.75) is 19.6 Å². The summed E-state index contributed by atoms with van der Waals surface area (Å²) in [6.45, 7) is 1.59. The van der Waals surface area contributed by atoms with E-state index < -0.39 is 11.2 Å². The molecule has 6 heteroatoms. The van der Waals surface area contributed by atoms with Crippen LogP contribution in [0.3, 0.4) is 0 Å². The van der Waals surface area contributed by atoms with Gasteiger partial charge in [0, 0.05) is 25.0 Å². The molecule has 6 nitrogen and oxygen atoms in total.